The molecule has 1 heterocycles. The van der Waals surface area contributed by atoms with Crippen molar-refractivity contribution >= 4 is 22.1 Å². The van der Waals surface area contributed by atoms with Gasteiger partial charge >= 0.3 is 12.1 Å². The van der Waals surface area contributed by atoms with E-state index >= 15 is 0 Å². The fourth-order valence-corrected chi connectivity index (χ4v) is 5.42. The number of carbonyl (C=O) groups is 2. The molecule has 0 spiro atoms. The van der Waals surface area contributed by atoms with Crippen molar-refractivity contribution in [3.05, 3.63) is 95.1 Å². The Morgan fingerprint density at radius 2 is 1.67 bits per heavy atom. The molecule has 1 aliphatic rings. The summed E-state index contributed by atoms with van der Waals surface area (Å²) < 4.78 is 43.8. The lowest BCUT2D eigenvalue weighted by Crippen LogP contribution is -2.41. The largest absolute Gasteiger partial charge is 0.482 e. The van der Waals surface area contributed by atoms with Crippen LogP contribution in [0.15, 0.2) is 77.7 Å². The number of hydrogen-bond donors (Lipinski definition) is 0. The number of rotatable bonds is 9. The third-order valence-electron chi connectivity index (χ3n) is 6.43. The molecule has 4 rings (SSSR count). The van der Waals surface area contributed by atoms with Crippen molar-refractivity contribution in [3.63, 3.8) is 0 Å². The first-order valence-corrected chi connectivity index (χ1v) is 14.1. The highest BCUT2D eigenvalue weighted by molar-refractivity contribution is 7.89. The van der Waals surface area contributed by atoms with E-state index in [0.29, 0.717) is 18.5 Å². The van der Waals surface area contributed by atoms with E-state index < -0.39 is 28.1 Å². The molecule has 0 aromatic heterocycles. The van der Waals surface area contributed by atoms with Crippen LogP contribution in [0.5, 0.6) is 5.75 Å². The fraction of sp³-hybridized carbons (Fsp3) is 0.310. The van der Waals surface area contributed by atoms with Crippen molar-refractivity contribution in [2.24, 2.45) is 0 Å². The number of amides is 1. The Kier molecular flexibility index (Phi) is 8.88. The van der Waals surface area contributed by atoms with Gasteiger partial charge in [0.05, 0.1) is 17.5 Å². The monoisotopic (exact) mass is 552 g/mol. The normalized spacial score (nSPS) is 15.0. The minimum Gasteiger partial charge on any atom is -0.482 e. The molecular weight excluding hydrogens is 520 g/mol. The van der Waals surface area contributed by atoms with Gasteiger partial charge in [0, 0.05) is 26.2 Å². The zero-order chi connectivity index (χ0) is 28.0. The number of benzene rings is 3. The van der Waals surface area contributed by atoms with Crippen LogP contribution in [-0.2, 0) is 37.3 Å². The predicted octanol–water partition coefficient (Wildman–Crippen LogP) is 4.16. The first-order chi connectivity index (χ1) is 18.7. The van der Waals surface area contributed by atoms with Gasteiger partial charge in [-0.1, -0.05) is 54.6 Å². The van der Waals surface area contributed by atoms with E-state index in [1.165, 1.54) is 32.3 Å². The van der Waals surface area contributed by atoms with E-state index in [0.717, 1.165) is 21.0 Å². The predicted molar refractivity (Wildman–Crippen MR) is 145 cm³/mol. The number of nitrogens with zero attached hydrogens (tertiary/aromatic N) is 2. The SMILES string of the molecule is CCOC(=O)COc1ccc(S(=O)(=O)N(C)C)cc1C1c2ccccc2CCN1C(=O)OCc1ccccc1. The van der Waals surface area contributed by atoms with E-state index in [4.69, 9.17) is 14.2 Å². The van der Waals surface area contributed by atoms with Crippen molar-refractivity contribution in [3.8, 4) is 5.75 Å². The van der Waals surface area contributed by atoms with E-state index in [1.807, 2.05) is 54.6 Å². The third kappa shape index (κ3) is 6.40. The number of carbonyl (C=O) groups excluding carboxylic acids is 2. The van der Waals surface area contributed by atoms with Crippen LogP contribution in [-0.4, -0.2) is 63.5 Å². The molecule has 1 unspecified atom stereocenters. The molecule has 206 valence electrons. The summed E-state index contributed by atoms with van der Waals surface area (Å²) in [6, 6.07) is 20.7. The lowest BCUT2D eigenvalue weighted by Gasteiger charge is -2.37. The van der Waals surface area contributed by atoms with Crippen LogP contribution < -0.4 is 4.74 Å². The van der Waals surface area contributed by atoms with Gasteiger partial charge in [0.25, 0.3) is 0 Å². The molecule has 0 bridgehead atoms. The highest BCUT2D eigenvalue weighted by Crippen LogP contribution is 2.41. The van der Waals surface area contributed by atoms with Crippen molar-refractivity contribution in [1.29, 1.82) is 0 Å². The smallest absolute Gasteiger partial charge is 0.410 e. The summed E-state index contributed by atoms with van der Waals surface area (Å²) in [5.41, 5.74) is 3.11. The van der Waals surface area contributed by atoms with Gasteiger partial charge in [-0.3, -0.25) is 4.90 Å². The maximum Gasteiger partial charge on any atom is 0.410 e. The van der Waals surface area contributed by atoms with E-state index in [-0.39, 0.29) is 30.5 Å². The summed E-state index contributed by atoms with van der Waals surface area (Å²) in [6.45, 7) is 1.96. The molecule has 1 atom stereocenters. The van der Waals surface area contributed by atoms with Crippen molar-refractivity contribution in [2.45, 2.75) is 30.9 Å². The summed E-state index contributed by atoms with van der Waals surface area (Å²) in [6.07, 6.45) is 0.0533. The molecule has 0 radical (unpaired) electrons. The molecule has 0 fully saturated rings. The Balaban J connectivity index is 1.78. The zero-order valence-electron chi connectivity index (χ0n) is 22.2. The second-order valence-electron chi connectivity index (χ2n) is 9.17. The molecule has 39 heavy (non-hydrogen) atoms. The van der Waals surface area contributed by atoms with Gasteiger partial charge in [-0.2, -0.15) is 0 Å². The van der Waals surface area contributed by atoms with Gasteiger partial charge in [-0.05, 0) is 48.2 Å². The Bertz CT molecular complexity index is 1420. The molecule has 0 saturated carbocycles. The molecular formula is C29H32N2O7S. The molecule has 10 heteroatoms. The summed E-state index contributed by atoms with van der Waals surface area (Å²) in [4.78, 5) is 27.2. The standard InChI is InChI=1S/C29H32N2O7S/c1-4-36-27(32)20-37-26-15-14-23(39(34,35)30(2)3)18-25(26)28-24-13-9-8-12-22(24)16-17-31(28)29(33)38-19-21-10-6-5-7-11-21/h5-15,18,28H,4,16-17,19-20H2,1-3H3. The lowest BCUT2D eigenvalue weighted by molar-refractivity contribution is -0.145. The lowest BCUT2D eigenvalue weighted by atomic mass is 9.88. The van der Waals surface area contributed by atoms with Crippen LogP contribution in [0.2, 0.25) is 0 Å². The Morgan fingerprint density at radius 3 is 2.38 bits per heavy atom. The van der Waals surface area contributed by atoms with Crippen molar-refractivity contribution in [1.82, 2.24) is 9.21 Å². The van der Waals surface area contributed by atoms with Gasteiger partial charge in [-0.15, -0.1) is 0 Å². The summed E-state index contributed by atoms with van der Waals surface area (Å²) >= 11 is 0. The summed E-state index contributed by atoms with van der Waals surface area (Å²) in [5.74, 6) is -0.292. The first-order valence-electron chi connectivity index (χ1n) is 12.6. The Labute approximate surface area is 228 Å². The topological polar surface area (TPSA) is 102 Å². The minimum absolute atomic E-state index is 0.0339. The molecule has 1 amide bonds. The average molecular weight is 553 g/mol. The molecule has 1 aliphatic heterocycles. The number of fused-ring (bicyclic) bond motifs is 1. The maximum atomic E-state index is 13.5. The van der Waals surface area contributed by atoms with Crippen LogP contribution in [0, 0.1) is 0 Å². The zero-order valence-corrected chi connectivity index (χ0v) is 23.0. The Hall–Kier alpha value is -3.89. The molecule has 3 aromatic rings. The summed E-state index contributed by atoms with van der Waals surface area (Å²) in [7, 11) is -0.909. The summed E-state index contributed by atoms with van der Waals surface area (Å²) in [5, 5.41) is 0. The third-order valence-corrected chi connectivity index (χ3v) is 8.24. The van der Waals surface area contributed by atoms with Gasteiger partial charge in [-0.25, -0.2) is 22.3 Å². The van der Waals surface area contributed by atoms with E-state index in [9.17, 15) is 18.0 Å². The average Bonchev–Trinajstić information content (AvgIpc) is 2.94. The first kappa shape index (κ1) is 28.1. The van der Waals surface area contributed by atoms with E-state index in [2.05, 4.69) is 0 Å². The van der Waals surface area contributed by atoms with Crippen LogP contribution >= 0.6 is 0 Å². The molecule has 9 nitrogen and oxygen atoms in total. The number of hydrogen-bond acceptors (Lipinski definition) is 7. The second-order valence-corrected chi connectivity index (χ2v) is 11.3. The van der Waals surface area contributed by atoms with Crippen LogP contribution in [0.1, 0.15) is 35.2 Å². The fourth-order valence-electron chi connectivity index (χ4n) is 4.48. The number of ether oxygens (including phenoxy) is 3. The van der Waals surface area contributed by atoms with E-state index in [1.54, 1.807) is 11.8 Å². The maximum absolute atomic E-state index is 13.5. The van der Waals surface area contributed by atoms with Crippen LogP contribution in [0.3, 0.4) is 0 Å². The van der Waals surface area contributed by atoms with Gasteiger partial charge in [0.2, 0.25) is 10.0 Å². The van der Waals surface area contributed by atoms with Crippen molar-refractivity contribution in [2.75, 3.05) is 33.9 Å². The van der Waals surface area contributed by atoms with Crippen LogP contribution in [0.4, 0.5) is 4.79 Å². The molecule has 0 N–H and O–H groups in total. The minimum atomic E-state index is -3.80. The van der Waals surface area contributed by atoms with Gasteiger partial charge < -0.3 is 14.2 Å². The number of esters is 1. The molecule has 0 aliphatic carbocycles. The molecule has 3 aromatic carbocycles. The van der Waals surface area contributed by atoms with Crippen LogP contribution in [0.25, 0.3) is 0 Å². The van der Waals surface area contributed by atoms with Crippen molar-refractivity contribution < 1.29 is 32.2 Å². The molecule has 0 saturated heterocycles. The number of sulfonamides is 1. The second kappa shape index (κ2) is 12.3. The van der Waals surface area contributed by atoms with Gasteiger partial charge in [0.1, 0.15) is 12.4 Å². The highest BCUT2D eigenvalue weighted by atomic mass is 32.2. The van der Waals surface area contributed by atoms with Gasteiger partial charge in [0.15, 0.2) is 6.61 Å². The Morgan fingerprint density at radius 1 is 0.949 bits per heavy atom. The quantitative estimate of drug-likeness (QED) is 0.367. The highest BCUT2D eigenvalue weighted by Gasteiger charge is 2.36.